The van der Waals surface area contributed by atoms with E-state index in [1.807, 2.05) is 48.5 Å². The summed E-state index contributed by atoms with van der Waals surface area (Å²) in [5, 5.41) is 19.0. The van der Waals surface area contributed by atoms with E-state index < -0.39 is 0 Å². The molecular formula is C28H28ClN5OS. The number of aromatic nitrogens is 4. The zero-order chi connectivity index (χ0) is 23.7. The van der Waals surface area contributed by atoms with Crippen LogP contribution in [0.25, 0.3) is 16.5 Å². The van der Waals surface area contributed by atoms with Crippen molar-refractivity contribution in [3.8, 4) is 11.4 Å². The van der Waals surface area contributed by atoms with Crippen LogP contribution in [-0.2, 0) is 13.2 Å². The number of thioether (sulfide) groups is 1. The van der Waals surface area contributed by atoms with Crippen LogP contribution in [-0.4, -0.2) is 32.5 Å². The summed E-state index contributed by atoms with van der Waals surface area (Å²) in [5.41, 5.74) is 3.33. The van der Waals surface area contributed by atoms with Crippen molar-refractivity contribution < 1.29 is 4.74 Å². The highest BCUT2D eigenvalue weighted by atomic mass is 35.5. The maximum atomic E-state index is 6.24. The molecule has 0 aliphatic heterocycles. The molecule has 0 radical (unpaired) electrons. The van der Waals surface area contributed by atoms with E-state index in [0.29, 0.717) is 6.61 Å². The second kappa shape index (κ2) is 13.1. The summed E-state index contributed by atoms with van der Waals surface area (Å²) in [6.07, 6.45) is 0.997. The number of nitrogens with zero attached hydrogens (tertiary/aromatic N) is 4. The number of fused-ring (bicyclic) bond motifs is 1. The molecule has 0 amide bonds. The summed E-state index contributed by atoms with van der Waals surface area (Å²) in [6, 6.07) is 32.9. The summed E-state index contributed by atoms with van der Waals surface area (Å²) in [6.45, 7) is 2.19. The van der Waals surface area contributed by atoms with Crippen molar-refractivity contribution in [2.45, 2.75) is 24.7 Å². The predicted octanol–water partition coefficient (Wildman–Crippen LogP) is 6.09. The van der Waals surface area contributed by atoms with Crippen LogP contribution >= 0.6 is 24.2 Å². The first kappa shape index (κ1) is 25.7. The van der Waals surface area contributed by atoms with Gasteiger partial charge >= 0.3 is 0 Å². The van der Waals surface area contributed by atoms with Crippen molar-refractivity contribution in [1.29, 1.82) is 0 Å². The van der Waals surface area contributed by atoms with E-state index in [4.69, 9.17) is 4.74 Å². The number of hydrogen-bond acceptors (Lipinski definition) is 6. The number of halogens is 1. The fourth-order valence-electron chi connectivity index (χ4n) is 3.94. The standard InChI is InChI=1S/C28H27N5OS.ClH/c1-3-10-22(11-4-1)21-34-27-17-16-23-12-7-8-15-25(23)26(27)20-29-18-9-19-35-28-30-31-32-33(28)24-13-5-2-6-14-24;/h1-8,10-17,29H,9,18-21H2;1H. The second-order valence-corrected chi connectivity index (χ2v) is 9.19. The van der Waals surface area contributed by atoms with Crippen LogP contribution in [0.4, 0.5) is 0 Å². The Balaban J connectivity index is 0.00000304. The third-order valence-corrected chi connectivity index (χ3v) is 6.71. The highest BCUT2D eigenvalue weighted by Gasteiger charge is 2.10. The molecule has 0 spiro atoms. The average Bonchev–Trinajstić information content (AvgIpc) is 3.39. The van der Waals surface area contributed by atoms with Crippen LogP contribution in [0.2, 0.25) is 0 Å². The van der Waals surface area contributed by atoms with Gasteiger partial charge < -0.3 is 10.1 Å². The Labute approximate surface area is 221 Å². The molecule has 0 saturated heterocycles. The summed E-state index contributed by atoms with van der Waals surface area (Å²) >= 11 is 1.67. The number of nitrogens with one attached hydrogen (secondary N) is 1. The highest BCUT2D eigenvalue weighted by molar-refractivity contribution is 7.99. The normalized spacial score (nSPS) is 10.8. The van der Waals surface area contributed by atoms with Crippen LogP contribution in [0, 0.1) is 0 Å². The third kappa shape index (κ3) is 6.43. The first-order valence-electron chi connectivity index (χ1n) is 11.7. The lowest BCUT2D eigenvalue weighted by atomic mass is 10.0. The topological polar surface area (TPSA) is 64.9 Å². The molecule has 4 aromatic carbocycles. The molecule has 0 atom stereocenters. The van der Waals surface area contributed by atoms with Gasteiger partial charge in [0.05, 0.1) is 5.69 Å². The van der Waals surface area contributed by atoms with Gasteiger partial charge in [0.1, 0.15) is 12.4 Å². The van der Waals surface area contributed by atoms with Crippen molar-refractivity contribution in [3.63, 3.8) is 0 Å². The van der Waals surface area contributed by atoms with Gasteiger partial charge in [-0.2, -0.15) is 4.68 Å². The minimum Gasteiger partial charge on any atom is -0.489 e. The molecular weight excluding hydrogens is 490 g/mol. The largest absolute Gasteiger partial charge is 0.489 e. The number of ether oxygens (including phenoxy) is 1. The maximum absolute atomic E-state index is 6.24. The van der Waals surface area contributed by atoms with Crippen molar-refractivity contribution >= 4 is 34.9 Å². The number of rotatable bonds is 11. The van der Waals surface area contributed by atoms with E-state index in [1.165, 1.54) is 16.3 Å². The van der Waals surface area contributed by atoms with Gasteiger partial charge in [-0.05, 0) is 57.9 Å². The molecule has 184 valence electrons. The lowest BCUT2D eigenvalue weighted by molar-refractivity contribution is 0.303. The first-order chi connectivity index (χ1) is 17.4. The number of benzene rings is 4. The first-order valence-corrected chi connectivity index (χ1v) is 12.7. The van der Waals surface area contributed by atoms with Gasteiger partial charge in [0.15, 0.2) is 0 Å². The number of tetrazole rings is 1. The van der Waals surface area contributed by atoms with Gasteiger partial charge in [0, 0.05) is 17.9 Å². The highest BCUT2D eigenvalue weighted by Crippen LogP contribution is 2.29. The van der Waals surface area contributed by atoms with Crippen LogP contribution in [0.5, 0.6) is 5.75 Å². The van der Waals surface area contributed by atoms with Gasteiger partial charge in [-0.3, -0.25) is 0 Å². The predicted molar refractivity (Wildman–Crippen MR) is 148 cm³/mol. The summed E-state index contributed by atoms with van der Waals surface area (Å²) in [4.78, 5) is 0. The Kier molecular flexibility index (Phi) is 9.33. The molecule has 0 aliphatic carbocycles. The summed E-state index contributed by atoms with van der Waals surface area (Å²) in [7, 11) is 0. The lowest BCUT2D eigenvalue weighted by Gasteiger charge is -2.15. The molecule has 1 aromatic heterocycles. The van der Waals surface area contributed by atoms with Gasteiger partial charge in [0.2, 0.25) is 5.16 Å². The monoisotopic (exact) mass is 517 g/mol. The minimum absolute atomic E-state index is 0. The molecule has 1 heterocycles. The molecule has 8 heteroatoms. The van der Waals surface area contributed by atoms with E-state index in [-0.39, 0.29) is 12.4 Å². The molecule has 5 aromatic rings. The van der Waals surface area contributed by atoms with Gasteiger partial charge in [-0.15, -0.1) is 17.5 Å². The van der Waals surface area contributed by atoms with Crippen LogP contribution in [0.1, 0.15) is 17.5 Å². The molecule has 5 rings (SSSR count). The number of para-hydroxylation sites is 1. The maximum Gasteiger partial charge on any atom is 0.214 e. The number of hydrogen-bond donors (Lipinski definition) is 1. The van der Waals surface area contributed by atoms with Crippen LogP contribution in [0.3, 0.4) is 0 Å². The van der Waals surface area contributed by atoms with Gasteiger partial charge in [-0.1, -0.05) is 90.6 Å². The lowest BCUT2D eigenvalue weighted by Crippen LogP contribution is -2.16. The molecule has 1 N–H and O–H groups in total. The Morgan fingerprint density at radius 2 is 1.58 bits per heavy atom. The van der Waals surface area contributed by atoms with E-state index in [2.05, 4.69) is 69.4 Å². The SMILES string of the molecule is Cl.c1ccc(COc2ccc3ccccc3c2CNCCCSc2nnnn2-c2ccccc2)cc1. The molecule has 6 nitrogen and oxygen atoms in total. The van der Waals surface area contributed by atoms with E-state index in [0.717, 1.165) is 47.4 Å². The third-order valence-electron chi connectivity index (χ3n) is 5.71. The Hall–Kier alpha value is -3.39. The molecule has 0 saturated carbocycles. The van der Waals surface area contributed by atoms with E-state index in [1.54, 1.807) is 16.4 Å². The van der Waals surface area contributed by atoms with Crippen molar-refractivity contribution in [1.82, 2.24) is 25.5 Å². The molecule has 0 unspecified atom stereocenters. The second-order valence-electron chi connectivity index (χ2n) is 8.13. The van der Waals surface area contributed by atoms with Crippen molar-refractivity contribution in [3.05, 3.63) is 108 Å². The van der Waals surface area contributed by atoms with E-state index in [9.17, 15) is 0 Å². The van der Waals surface area contributed by atoms with Crippen LogP contribution in [0.15, 0.2) is 102 Å². The summed E-state index contributed by atoms with van der Waals surface area (Å²) < 4.78 is 8.03. The Morgan fingerprint density at radius 1 is 0.833 bits per heavy atom. The Bertz CT molecular complexity index is 1360. The van der Waals surface area contributed by atoms with Gasteiger partial charge in [0.25, 0.3) is 0 Å². The molecule has 0 bridgehead atoms. The fraction of sp³-hybridized carbons (Fsp3) is 0.179. The van der Waals surface area contributed by atoms with Crippen molar-refractivity contribution in [2.24, 2.45) is 0 Å². The summed E-state index contributed by atoms with van der Waals surface area (Å²) in [5.74, 6) is 1.85. The molecule has 0 aliphatic rings. The zero-order valence-corrected chi connectivity index (χ0v) is 21.4. The Morgan fingerprint density at radius 3 is 2.42 bits per heavy atom. The average molecular weight is 518 g/mol. The minimum atomic E-state index is 0. The van der Waals surface area contributed by atoms with Crippen molar-refractivity contribution in [2.75, 3.05) is 12.3 Å². The molecule has 36 heavy (non-hydrogen) atoms. The van der Waals surface area contributed by atoms with E-state index >= 15 is 0 Å². The fourth-order valence-corrected chi connectivity index (χ4v) is 4.77. The van der Waals surface area contributed by atoms with Gasteiger partial charge in [-0.25, -0.2) is 0 Å². The van der Waals surface area contributed by atoms with Crippen LogP contribution < -0.4 is 10.1 Å². The zero-order valence-electron chi connectivity index (χ0n) is 19.8. The molecule has 0 fully saturated rings. The quantitative estimate of drug-likeness (QED) is 0.169. The smallest absolute Gasteiger partial charge is 0.214 e.